The molecule has 0 saturated carbocycles. The Bertz CT molecular complexity index is 822. The zero-order valence-electron chi connectivity index (χ0n) is 17.8. The molecule has 1 aliphatic heterocycles. The van der Waals surface area contributed by atoms with E-state index in [4.69, 9.17) is 15.2 Å². The number of amides is 1. The predicted octanol–water partition coefficient (Wildman–Crippen LogP) is 3.91. The van der Waals surface area contributed by atoms with Crippen LogP contribution in [-0.4, -0.2) is 42.7 Å². The number of hydrogen-bond donors (Lipinski definition) is 2. The number of ether oxygens (including phenoxy) is 2. The molecule has 168 valence electrons. The lowest BCUT2D eigenvalue weighted by Crippen LogP contribution is -2.48. The van der Waals surface area contributed by atoms with Crippen molar-refractivity contribution in [1.29, 1.82) is 0 Å². The Hall–Kier alpha value is -2.49. The third-order valence-corrected chi connectivity index (χ3v) is 4.98. The molecule has 0 radical (unpaired) electrons. The van der Waals surface area contributed by atoms with Gasteiger partial charge in [0.25, 0.3) is 0 Å². The van der Waals surface area contributed by atoms with Crippen LogP contribution in [0.1, 0.15) is 30.9 Å². The van der Waals surface area contributed by atoms with Gasteiger partial charge in [0, 0.05) is 19.1 Å². The normalized spacial score (nSPS) is 14.5. The minimum atomic E-state index is -0.242. The van der Waals surface area contributed by atoms with Crippen LogP contribution >= 0.6 is 24.0 Å². The number of nitrogens with zero attached hydrogens (tertiary/aromatic N) is 2. The SMILES string of the molecule is CCOC(=O)N1CCC(NC(N)=NCc2ccc(OCc3ccccc3)cc2)CC1.I. The highest BCUT2D eigenvalue weighted by Gasteiger charge is 2.23. The number of aliphatic imine (C=N–C) groups is 1. The van der Waals surface area contributed by atoms with Crippen LogP contribution in [0.25, 0.3) is 0 Å². The molecule has 1 saturated heterocycles. The third kappa shape index (κ3) is 8.28. The molecule has 1 heterocycles. The summed E-state index contributed by atoms with van der Waals surface area (Å²) in [4.78, 5) is 17.9. The van der Waals surface area contributed by atoms with Crippen LogP contribution in [0.4, 0.5) is 4.79 Å². The van der Waals surface area contributed by atoms with E-state index >= 15 is 0 Å². The molecule has 7 nitrogen and oxygen atoms in total. The summed E-state index contributed by atoms with van der Waals surface area (Å²) in [6.45, 7) is 4.58. The lowest BCUT2D eigenvalue weighted by Gasteiger charge is -2.31. The number of carbonyl (C=O) groups is 1. The maximum atomic E-state index is 11.7. The minimum Gasteiger partial charge on any atom is -0.489 e. The second kappa shape index (κ2) is 13.0. The van der Waals surface area contributed by atoms with Crippen LogP contribution < -0.4 is 15.8 Å². The van der Waals surface area contributed by atoms with E-state index in [0.29, 0.717) is 38.8 Å². The molecule has 3 rings (SSSR count). The second-order valence-electron chi connectivity index (χ2n) is 7.22. The number of guanidine groups is 1. The Morgan fingerprint density at radius 2 is 1.77 bits per heavy atom. The molecule has 1 amide bonds. The molecule has 2 aromatic rings. The molecule has 0 aliphatic carbocycles. The van der Waals surface area contributed by atoms with E-state index in [1.54, 1.807) is 4.90 Å². The van der Waals surface area contributed by atoms with Gasteiger partial charge >= 0.3 is 6.09 Å². The number of benzene rings is 2. The van der Waals surface area contributed by atoms with Crippen molar-refractivity contribution in [3.8, 4) is 5.75 Å². The molecule has 3 N–H and O–H groups in total. The largest absolute Gasteiger partial charge is 0.489 e. The minimum absolute atomic E-state index is 0. The molecule has 1 aliphatic rings. The van der Waals surface area contributed by atoms with Crippen molar-refractivity contribution in [2.45, 2.75) is 39.0 Å². The molecule has 0 spiro atoms. The maximum absolute atomic E-state index is 11.7. The van der Waals surface area contributed by atoms with E-state index in [1.165, 1.54) is 0 Å². The Morgan fingerprint density at radius 3 is 2.42 bits per heavy atom. The molecule has 31 heavy (non-hydrogen) atoms. The van der Waals surface area contributed by atoms with Gasteiger partial charge in [-0.2, -0.15) is 0 Å². The van der Waals surface area contributed by atoms with Crippen molar-refractivity contribution in [2.75, 3.05) is 19.7 Å². The summed E-state index contributed by atoms with van der Waals surface area (Å²) in [6.07, 6.45) is 1.40. The second-order valence-corrected chi connectivity index (χ2v) is 7.22. The number of piperidine rings is 1. The first kappa shape index (κ1) is 24.8. The van der Waals surface area contributed by atoms with Gasteiger partial charge in [-0.15, -0.1) is 24.0 Å². The summed E-state index contributed by atoms with van der Waals surface area (Å²) in [5.41, 5.74) is 8.24. The van der Waals surface area contributed by atoms with E-state index in [2.05, 4.69) is 10.3 Å². The Labute approximate surface area is 201 Å². The number of hydrogen-bond acceptors (Lipinski definition) is 4. The monoisotopic (exact) mass is 538 g/mol. The van der Waals surface area contributed by atoms with Crippen LogP contribution in [0.15, 0.2) is 59.6 Å². The molecular formula is C23H31IN4O3. The van der Waals surface area contributed by atoms with Gasteiger partial charge in [-0.3, -0.25) is 0 Å². The molecule has 0 aromatic heterocycles. The van der Waals surface area contributed by atoms with Crippen molar-refractivity contribution in [1.82, 2.24) is 10.2 Å². The van der Waals surface area contributed by atoms with Crippen molar-refractivity contribution < 1.29 is 14.3 Å². The number of rotatable bonds is 7. The van der Waals surface area contributed by atoms with Gasteiger partial charge in [-0.25, -0.2) is 9.79 Å². The summed E-state index contributed by atoms with van der Waals surface area (Å²) in [5.74, 6) is 1.25. The zero-order valence-corrected chi connectivity index (χ0v) is 20.2. The van der Waals surface area contributed by atoms with Gasteiger partial charge in [0.1, 0.15) is 12.4 Å². The van der Waals surface area contributed by atoms with Crippen LogP contribution in [0.3, 0.4) is 0 Å². The lowest BCUT2D eigenvalue weighted by atomic mass is 10.1. The number of carbonyl (C=O) groups excluding carboxylic acids is 1. The van der Waals surface area contributed by atoms with Gasteiger partial charge < -0.3 is 25.4 Å². The van der Waals surface area contributed by atoms with E-state index < -0.39 is 0 Å². The Kier molecular flexibility index (Phi) is 10.4. The van der Waals surface area contributed by atoms with E-state index in [1.807, 2.05) is 61.5 Å². The van der Waals surface area contributed by atoms with Crippen molar-refractivity contribution in [2.24, 2.45) is 10.7 Å². The maximum Gasteiger partial charge on any atom is 0.409 e. The van der Waals surface area contributed by atoms with Crippen LogP contribution in [0.5, 0.6) is 5.75 Å². The van der Waals surface area contributed by atoms with Crippen LogP contribution in [-0.2, 0) is 17.9 Å². The summed E-state index contributed by atoms with van der Waals surface area (Å²) < 4.78 is 10.8. The first-order valence-corrected chi connectivity index (χ1v) is 10.4. The fourth-order valence-electron chi connectivity index (χ4n) is 3.28. The standard InChI is InChI=1S/C23H30N4O3.HI/c1-2-29-23(28)27-14-12-20(13-15-27)26-22(24)25-16-18-8-10-21(11-9-18)30-17-19-6-4-3-5-7-19;/h3-11,20H,2,12-17H2,1H3,(H3,24,25,26);1H. The lowest BCUT2D eigenvalue weighted by molar-refractivity contribution is 0.0963. The number of nitrogens with two attached hydrogens (primary N) is 1. The molecule has 0 bridgehead atoms. The number of halogens is 1. The summed E-state index contributed by atoms with van der Waals surface area (Å²) >= 11 is 0. The average molecular weight is 538 g/mol. The van der Waals surface area contributed by atoms with Crippen molar-refractivity contribution in [3.05, 3.63) is 65.7 Å². The molecule has 0 atom stereocenters. The first-order chi connectivity index (χ1) is 14.6. The number of likely N-dealkylation sites (tertiary alicyclic amines) is 1. The Balaban J connectivity index is 0.00000341. The summed E-state index contributed by atoms with van der Waals surface area (Å²) in [6, 6.07) is 18.2. The van der Waals surface area contributed by atoms with Crippen molar-refractivity contribution >= 4 is 36.0 Å². The smallest absolute Gasteiger partial charge is 0.409 e. The molecule has 1 fully saturated rings. The topological polar surface area (TPSA) is 89.2 Å². The van der Waals surface area contributed by atoms with Crippen LogP contribution in [0.2, 0.25) is 0 Å². The summed E-state index contributed by atoms with van der Waals surface area (Å²) in [5, 5.41) is 3.25. The fourth-order valence-corrected chi connectivity index (χ4v) is 3.28. The fraction of sp³-hybridized carbons (Fsp3) is 0.391. The van der Waals surface area contributed by atoms with E-state index in [0.717, 1.165) is 29.7 Å². The highest BCUT2D eigenvalue weighted by molar-refractivity contribution is 14.0. The molecule has 8 heteroatoms. The molecule has 2 aromatic carbocycles. The van der Waals surface area contributed by atoms with Gasteiger partial charge in [0.2, 0.25) is 0 Å². The number of nitrogens with one attached hydrogen (secondary N) is 1. The summed E-state index contributed by atoms with van der Waals surface area (Å²) in [7, 11) is 0. The molecular weight excluding hydrogens is 507 g/mol. The zero-order chi connectivity index (χ0) is 21.2. The van der Waals surface area contributed by atoms with Gasteiger partial charge in [0.05, 0.1) is 13.2 Å². The van der Waals surface area contributed by atoms with Gasteiger partial charge in [-0.1, -0.05) is 42.5 Å². The third-order valence-electron chi connectivity index (χ3n) is 4.98. The van der Waals surface area contributed by atoms with E-state index in [9.17, 15) is 4.79 Å². The van der Waals surface area contributed by atoms with Crippen molar-refractivity contribution in [3.63, 3.8) is 0 Å². The van der Waals surface area contributed by atoms with Gasteiger partial charge in [-0.05, 0) is 43.0 Å². The molecule has 0 unspecified atom stereocenters. The van der Waals surface area contributed by atoms with Crippen LogP contribution in [0, 0.1) is 0 Å². The first-order valence-electron chi connectivity index (χ1n) is 10.4. The quantitative estimate of drug-likeness (QED) is 0.317. The van der Waals surface area contributed by atoms with E-state index in [-0.39, 0.29) is 36.1 Å². The predicted molar refractivity (Wildman–Crippen MR) is 133 cm³/mol. The van der Waals surface area contributed by atoms with Gasteiger partial charge in [0.15, 0.2) is 5.96 Å². The Morgan fingerprint density at radius 1 is 1.10 bits per heavy atom. The highest BCUT2D eigenvalue weighted by Crippen LogP contribution is 2.15. The highest BCUT2D eigenvalue weighted by atomic mass is 127. The average Bonchev–Trinajstić information content (AvgIpc) is 2.78.